The second kappa shape index (κ2) is 9.96. The summed E-state index contributed by atoms with van der Waals surface area (Å²) in [5.74, 6) is -0.939. The lowest BCUT2D eigenvalue weighted by Crippen LogP contribution is -2.44. The van der Waals surface area contributed by atoms with Crippen LogP contribution in [0.4, 0.5) is 5.69 Å². The molecule has 0 fully saturated rings. The second-order valence-corrected chi connectivity index (χ2v) is 9.73. The average Bonchev–Trinajstić information content (AvgIpc) is 2.94. The molecule has 0 bridgehead atoms. The van der Waals surface area contributed by atoms with Gasteiger partial charge in [-0.3, -0.25) is 4.79 Å². The molecule has 1 aliphatic rings. The van der Waals surface area contributed by atoms with Crippen LogP contribution in [0.25, 0.3) is 5.57 Å². The summed E-state index contributed by atoms with van der Waals surface area (Å²) in [6.45, 7) is 0. The summed E-state index contributed by atoms with van der Waals surface area (Å²) in [5.41, 5.74) is 4.12. The summed E-state index contributed by atoms with van der Waals surface area (Å²) in [5, 5.41) is 12.5. The van der Waals surface area contributed by atoms with Crippen molar-refractivity contribution >= 4 is 17.0 Å². The lowest BCUT2D eigenvalue weighted by molar-refractivity contribution is 0.0110. The van der Waals surface area contributed by atoms with Crippen LogP contribution in [0.3, 0.4) is 0 Å². The van der Waals surface area contributed by atoms with Crippen LogP contribution >= 0.6 is 0 Å². The van der Waals surface area contributed by atoms with Gasteiger partial charge in [0.05, 0.1) is 5.92 Å². The van der Waals surface area contributed by atoms with Crippen molar-refractivity contribution in [1.82, 2.24) is 0 Å². The van der Waals surface area contributed by atoms with Crippen LogP contribution in [0.5, 0.6) is 0 Å². The Labute approximate surface area is 213 Å². The van der Waals surface area contributed by atoms with E-state index in [1.54, 1.807) is 0 Å². The number of carbonyl (C=O) groups excluding carboxylic acids is 1. The Morgan fingerprint density at radius 2 is 1.33 bits per heavy atom. The first-order valence-corrected chi connectivity index (χ1v) is 12.4. The van der Waals surface area contributed by atoms with Gasteiger partial charge in [0.15, 0.2) is 5.78 Å². The number of benzene rings is 4. The average molecular weight is 474 g/mol. The monoisotopic (exact) mass is 473 g/mol. The highest BCUT2D eigenvalue weighted by Gasteiger charge is 2.49. The van der Waals surface area contributed by atoms with E-state index in [1.807, 2.05) is 99.0 Å². The van der Waals surface area contributed by atoms with Crippen molar-refractivity contribution in [3.05, 3.63) is 144 Å². The van der Waals surface area contributed by atoms with Crippen molar-refractivity contribution < 1.29 is 9.90 Å². The molecular formula is C33H31NO2. The molecule has 1 N–H and O–H groups in total. The van der Waals surface area contributed by atoms with E-state index >= 15 is 0 Å². The normalized spacial score (nSPS) is 21.5. The molecule has 0 aromatic heterocycles. The topological polar surface area (TPSA) is 40.5 Å². The first-order valence-electron chi connectivity index (χ1n) is 12.4. The maximum atomic E-state index is 14.2. The van der Waals surface area contributed by atoms with Crippen LogP contribution in [-0.2, 0) is 5.60 Å². The number of rotatable bonds is 6. The lowest BCUT2D eigenvalue weighted by Gasteiger charge is -2.43. The van der Waals surface area contributed by atoms with Crippen LogP contribution < -0.4 is 4.90 Å². The second-order valence-electron chi connectivity index (χ2n) is 9.73. The largest absolute Gasteiger partial charge is 0.380 e. The van der Waals surface area contributed by atoms with Crippen LogP contribution in [0.1, 0.15) is 39.4 Å². The Morgan fingerprint density at radius 3 is 1.92 bits per heavy atom. The summed E-state index contributed by atoms with van der Waals surface area (Å²) in [6.07, 6.45) is 2.58. The highest BCUT2D eigenvalue weighted by Crippen LogP contribution is 2.51. The number of ketones is 1. The molecule has 0 radical (unpaired) electrons. The maximum Gasteiger partial charge on any atom is 0.170 e. The Bertz CT molecular complexity index is 1350. The summed E-state index contributed by atoms with van der Waals surface area (Å²) in [4.78, 5) is 16.3. The summed E-state index contributed by atoms with van der Waals surface area (Å²) >= 11 is 0. The van der Waals surface area contributed by atoms with Gasteiger partial charge < -0.3 is 10.0 Å². The van der Waals surface area contributed by atoms with E-state index in [4.69, 9.17) is 0 Å². The van der Waals surface area contributed by atoms with E-state index in [0.29, 0.717) is 12.0 Å². The predicted molar refractivity (Wildman–Crippen MR) is 147 cm³/mol. The number of Topliss-reactive ketones (excluding diaryl/α,β-unsaturated/α-hetero) is 1. The minimum Gasteiger partial charge on any atom is -0.380 e. The standard InChI is InChI=1S/C33H31NO2/c1-34(2)29-20-18-25(19-21-29)30-22-27(24-12-6-3-7-13-24)23-33(36,28-16-10-5-11-17-28)31(30)32(35)26-14-8-4-9-15-26/h3-21,23,30-31,36H,22H2,1-2H3/t30-,31+,33-/m1/s1. The van der Waals surface area contributed by atoms with Gasteiger partial charge in [0.2, 0.25) is 0 Å². The van der Waals surface area contributed by atoms with Crippen molar-refractivity contribution in [3.63, 3.8) is 0 Å². The zero-order chi connectivity index (χ0) is 25.1. The van der Waals surface area contributed by atoms with E-state index in [2.05, 4.69) is 41.3 Å². The lowest BCUT2D eigenvalue weighted by atomic mass is 9.62. The van der Waals surface area contributed by atoms with Crippen molar-refractivity contribution in [1.29, 1.82) is 0 Å². The summed E-state index contributed by atoms with van der Waals surface area (Å²) in [7, 11) is 4.03. The van der Waals surface area contributed by atoms with Crippen molar-refractivity contribution in [3.8, 4) is 0 Å². The van der Waals surface area contributed by atoms with Gasteiger partial charge in [-0.05, 0) is 46.9 Å². The van der Waals surface area contributed by atoms with E-state index in [0.717, 1.165) is 28.0 Å². The highest BCUT2D eigenvalue weighted by atomic mass is 16.3. The van der Waals surface area contributed by atoms with Crippen LogP contribution in [0, 0.1) is 5.92 Å². The van der Waals surface area contributed by atoms with Crippen LogP contribution in [0.15, 0.2) is 121 Å². The minimum atomic E-state index is -1.47. The quantitative estimate of drug-likeness (QED) is 0.316. The van der Waals surface area contributed by atoms with Gasteiger partial charge in [0, 0.05) is 31.3 Å². The van der Waals surface area contributed by atoms with E-state index < -0.39 is 11.5 Å². The third-order valence-electron chi connectivity index (χ3n) is 7.27. The number of carbonyl (C=O) groups is 1. The van der Waals surface area contributed by atoms with Crippen molar-refractivity contribution in [2.24, 2.45) is 5.92 Å². The number of allylic oxidation sites excluding steroid dienone is 1. The molecule has 180 valence electrons. The van der Waals surface area contributed by atoms with Crippen molar-refractivity contribution in [2.45, 2.75) is 17.9 Å². The van der Waals surface area contributed by atoms with E-state index in [-0.39, 0.29) is 11.7 Å². The molecule has 4 aromatic carbocycles. The molecule has 3 heteroatoms. The molecule has 0 aliphatic heterocycles. The molecule has 36 heavy (non-hydrogen) atoms. The van der Waals surface area contributed by atoms with Crippen LogP contribution in [0.2, 0.25) is 0 Å². The molecule has 3 nitrogen and oxygen atoms in total. The molecule has 0 saturated heterocycles. The van der Waals surface area contributed by atoms with Gasteiger partial charge in [0.1, 0.15) is 5.60 Å². The van der Waals surface area contributed by atoms with Gasteiger partial charge in [-0.25, -0.2) is 0 Å². The fourth-order valence-electron chi connectivity index (χ4n) is 5.39. The zero-order valence-electron chi connectivity index (χ0n) is 20.7. The van der Waals surface area contributed by atoms with Gasteiger partial charge in [-0.1, -0.05) is 103 Å². The fraction of sp³-hybridized carbons (Fsp3) is 0.182. The van der Waals surface area contributed by atoms with Gasteiger partial charge in [-0.15, -0.1) is 0 Å². The molecule has 5 rings (SSSR count). The van der Waals surface area contributed by atoms with E-state index in [9.17, 15) is 9.90 Å². The van der Waals surface area contributed by atoms with Crippen molar-refractivity contribution in [2.75, 3.05) is 19.0 Å². The number of hydrogen-bond donors (Lipinski definition) is 1. The van der Waals surface area contributed by atoms with Crippen LogP contribution in [-0.4, -0.2) is 25.0 Å². The highest BCUT2D eigenvalue weighted by molar-refractivity contribution is 6.00. The Morgan fingerprint density at radius 1 is 0.778 bits per heavy atom. The number of nitrogens with zero attached hydrogens (tertiary/aromatic N) is 1. The summed E-state index contributed by atoms with van der Waals surface area (Å²) in [6, 6.07) is 37.5. The van der Waals surface area contributed by atoms with Gasteiger partial charge in [-0.2, -0.15) is 0 Å². The molecule has 0 unspecified atom stereocenters. The number of aliphatic hydroxyl groups is 1. The van der Waals surface area contributed by atoms with E-state index in [1.165, 1.54) is 0 Å². The Hall–Kier alpha value is -3.95. The molecule has 0 amide bonds. The smallest absolute Gasteiger partial charge is 0.170 e. The molecule has 1 aliphatic carbocycles. The Balaban J connectivity index is 1.72. The zero-order valence-corrected chi connectivity index (χ0v) is 20.7. The first kappa shape index (κ1) is 23.8. The molecular weight excluding hydrogens is 442 g/mol. The molecule has 0 spiro atoms. The number of anilines is 1. The fourth-order valence-corrected chi connectivity index (χ4v) is 5.39. The van der Waals surface area contributed by atoms with Gasteiger partial charge in [0.25, 0.3) is 0 Å². The number of hydrogen-bond acceptors (Lipinski definition) is 3. The summed E-state index contributed by atoms with van der Waals surface area (Å²) < 4.78 is 0. The first-order chi connectivity index (χ1) is 17.5. The molecule has 3 atom stereocenters. The Kier molecular flexibility index (Phi) is 6.58. The molecule has 4 aromatic rings. The third kappa shape index (κ3) is 4.50. The van der Waals surface area contributed by atoms with Gasteiger partial charge >= 0.3 is 0 Å². The molecule has 0 heterocycles. The SMILES string of the molecule is CN(C)c1ccc([C@H]2CC(c3ccccc3)=C[C@@](O)(c3ccccc3)[C@@H]2C(=O)c2ccccc2)cc1. The minimum absolute atomic E-state index is 0.0491. The third-order valence-corrected chi connectivity index (χ3v) is 7.27. The maximum absolute atomic E-state index is 14.2. The molecule has 0 saturated carbocycles. The predicted octanol–water partition coefficient (Wildman–Crippen LogP) is 6.71.